The molecule has 0 fully saturated rings. The third-order valence-electron chi connectivity index (χ3n) is 2.96. The maximum absolute atomic E-state index is 12.3. The molecule has 3 rings (SSSR count). The zero-order chi connectivity index (χ0) is 14.8. The lowest BCUT2D eigenvalue weighted by molar-refractivity contribution is 0.0432. The van der Waals surface area contributed by atoms with E-state index in [-0.39, 0.29) is 12.5 Å². The normalized spacial score (nSPS) is 10.8. The molecule has 0 bridgehead atoms. The van der Waals surface area contributed by atoms with Crippen LogP contribution >= 0.6 is 0 Å². The first kappa shape index (κ1) is 13.2. The maximum atomic E-state index is 12.3. The summed E-state index contributed by atoms with van der Waals surface area (Å²) in [5.41, 5.74) is 2.00. The summed E-state index contributed by atoms with van der Waals surface area (Å²) in [5.74, 6) is 0.342. The number of pyridine rings is 1. The summed E-state index contributed by atoms with van der Waals surface area (Å²) in [7, 11) is 0. The Hall–Kier alpha value is -2.76. The SMILES string of the molecule is Cc1cc(C(=O)OCc2nc(C)no2)c2ccccc2n1. The average Bonchev–Trinajstić information content (AvgIpc) is 2.89. The summed E-state index contributed by atoms with van der Waals surface area (Å²) in [5, 5.41) is 4.40. The lowest BCUT2D eigenvalue weighted by Crippen LogP contribution is -2.07. The van der Waals surface area contributed by atoms with Gasteiger partial charge < -0.3 is 9.26 Å². The van der Waals surface area contributed by atoms with E-state index < -0.39 is 5.97 Å². The number of rotatable bonds is 3. The highest BCUT2D eigenvalue weighted by Gasteiger charge is 2.14. The van der Waals surface area contributed by atoms with E-state index in [1.165, 1.54) is 0 Å². The van der Waals surface area contributed by atoms with E-state index in [0.717, 1.165) is 16.6 Å². The molecule has 0 aliphatic heterocycles. The first-order chi connectivity index (χ1) is 10.1. The van der Waals surface area contributed by atoms with Gasteiger partial charge in [-0.3, -0.25) is 4.98 Å². The molecule has 106 valence electrons. The lowest BCUT2D eigenvalue weighted by Gasteiger charge is -2.07. The highest BCUT2D eigenvalue weighted by molar-refractivity contribution is 6.03. The van der Waals surface area contributed by atoms with E-state index in [2.05, 4.69) is 15.1 Å². The van der Waals surface area contributed by atoms with Gasteiger partial charge in [-0.25, -0.2) is 4.79 Å². The Labute approximate surface area is 120 Å². The minimum absolute atomic E-state index is 0.0463. The number of carbonyl (C=O) groups excluding carboxylic acids is 1. The van der Waals surface area contributed by atoms with Crippen molar-refractivity contribution in [1.82, 2.24) is 15.1 Å². The van der Waals surface area contributed by atoms with Gasteiger partial charge in [0, 0.05) is 11.1 Å². The summed E-state index contributed by atoms with van der Waals surface area (Å²) < 4.78 is 10.1. The van der Waals surface area contributed by atoms with Crippen molar-refractivity contribution in [3.05, 3.63) is 53.3 Å². The Morgan fingerprint density at radius 1 is 1.24 bits per heavy atom. The number of fused-ring (bicyclic) bond motifs is 1. The van der Waals surface area contributed by atoms with Crippen molar-refractivity contribution in [1.29, 1.82) is 0 Å². The van der Waals surface area contributed by atoms with Crippen LogP contribution in [0.5, 0.6) is 0 Å². The standard InChI is InChI=1S/C15H13N3O3/c1-9-7-12(11-5-3-4-6-13(11)16-9)15(19)20-8-14-17-10(2)18-21-14/h3-7H,8H2,1-2H3. The van der Waals surface area contributed by atoms with Gasteiger partial charge in [0.1, 0.15) is 0 Å². The van der Waals surface area contributed by atoms with Crippen LogP contribution in [0.15, 0.2) is 34.9 Å². The molecule has 0 radical (unpaired) electrons. The zero-order valence-electron chi connectivity index (χ0n) is 11.7. The van der Waals surface area contributed by atoms with E-state index in [4.69, 9.17) is 9.26 Å². The number of nitrogens with zero attached hydrogens (tertiary/aromatic N) is 3. The van der Waals surface area contributed by atoms with Crippen LogP contribution in [0.1, 0.15) is 27.8 Å². The van der Waals surface area contributed by atoms with E-state index in [1.807, 2.05) is 31.2 Å². The second-order valence-electron chi connectivity index (χ2n) is 4.64. The van der Waals surface area contributed by atoms with Crippen molar-refractivity contribution >= 4 is 16.9 Å². The molecule has 0 unspecified atom stereocenters. The molecule has 0 aliphatic rings. The molecule has 1 aromatic carbocycles. The smallest absolute Gasteiger partial charge is 0.339 e. The van der Waals surface area contributed by atoms with Gasteiger partial charge in [0.25, 0.3) is 5.89 Å². The van der Waals surface area contributed by atoms with Crippen LogP contribution in [0.4, 0.5) is 0 Å². The maximum Gasteiger partial charge on any atom is 0.339 e. The van der Waals surface area contributed by atoms with E-state index in [9.17, 15) is 4.79 Å². The van der Waals surface area contributed by atoms with Crippen LogP contribution in [0.25, 0.3) is 10.9 Å². The zero-order valence-corrected chi connectivity index (χ0v) is 11.7. The molecule has 0 aliphatic carbocycles. The van der Waals surface area contributed by atoms with Crippen molar-refractivity contribution in [3.8, 4) is 0 Å². The summed E-state index contributed by atoms with van der Waals surface area (Å²) >= 11 is 0. The predicted octanol–water partition coefficient (Wildman–Crippen LogP) is 2.59. The lowest BCUT2D eigenvalue weighted by atomic mass is 10.1. The number of hydrogen-bond donors (Lipinski definition) is 0. The number of esters is 1. The first-order valence-electron chi connectivity index (χ1n) is 6.46. The Balaban J connectivity index is 1.87. The van der Waals surface area contributed by atoms with Gasteiger partial charge in [0.2, 0.25) is 0 Å². The van der Waals surface area contributed by atoms with Gasteiger partial charge in [-0.05, 0) is 26.0 Å². The summed E-state index contributed by atoms with van der Waals surface area (Å²) in [6.07, 6.45) is 0. The molecule has 2 aromatic heterocycles. The third-order valence-corrected chi connectivity index (χ3v) is 2.96. The number of carbonyl (C=O) groups is 1. The fraction of sp³-hybridized carbons (Fsp3) is 0.200. The molecule has 6 nitrogen and oxygen atoms in total. The molecule has 0 spiro atoms. The van der Waals surface area contributed by atoms with Crippen LogP contribution in [0.2, 0.25) is 0 Å². The van der Waals surface area contributed by atoms with Crippen LogP contribution in [-0.2, 0) is 11.3 Å². The molecule has 3 aromatic rings. The Morgan fingerprint density at radius 2 is 2.05 bits per heavy atom. The van der Waals surface area contributed by atoms with Gasteiger partial charge >= 0.3 is 5.97 Å². The second kappa shape index (κ2) is 5.32. The molecule has 2 heterocycles. The van der Waals surface area contributed by atoms with Crippen molar-refractivity contribution in [3.63, 3.8) is 0 Å². The van der Waals surface area contributed by atoms with Gasteiger partial charge in [0.15, 0.2) is 12.4 Å². The summed E-state index contributed by atoms with van der Waals surface area (Å²) in [6.45, 7) is 3.49. The molecule has 0 amide bonds. The molecule has 21 heavy (non-hydrogen) atoms. The Bertz CT molecular complexity index is 811. The van der Waals surface area contributed by atoms with Gasteiger partial charge in [-0.2, -0.15) is 4.98 Å². The fourth-order valence-corrected chi connectivity index (χ4v) is 2.08. The number of hydrogen-bond acceptors (Lipinski definition) is 6. The topological polar surface area (TPSA) is 78.1 Å². The third kappa shape index (κ3) is 2.74. The van der Waals surface area contributed by atoms with Crippen molar-refractivity contribution < 1.29 is 14.1 Å². The van der Waals surface area contributed by atoms with Crippen molar-refractivity contribution in [2.75, 3.05) is 0 Å². The van der Waals surface area contributed by atoms with E-state index >= 15 is 0 Å². The van der Waals surface area contributed by atoms with Gasteiger partial charge in [-0.15, -0.1) is 0 Å². The molecular formula is C15H13N3O3. The van der Waals surface area contributed by atoms with Crippen LogP contribution in [0.3, 0.4) is 0 Å². The van der Waals surface area contributed by atoms with Crippen molar-refractivity contribution in [2.24, 2.45) is 0 Å². The minimum Gasteiger partial charge on any atom is -0.452 e. The fourth-order valence-electron chi connectivity index (χ4n) is 2.08. The van der Waals surface area contributed by atoms with Crippen LogP contribution in [0, 0.1) is 13.8 Å². The Kier molecular flexibility index (Phi) is 3.35. The Morgan fingerprint density at radius 3 is 2.81 bits per heavy atom. The number of benzene rings is 1. The molecular weight excluding hydrogens is 270 g/mol. The first-order valence-corrected chi connectivity index (χ1v) is 6.46. The highest BCUT2D eigenvalue weighted by atomic mass is 16.6. The van der Waals surface area contributed by atoms with E-state index in [1.54, 1.807) is 13.0 Å². The molecule has 0 N–H and O–H groups in total. The predicted molar refractivity (Wildman–Crippen MR) is 74.6 cm³/mol. The van der Waals surface area contributed by atoms with Gasteiger partial charge in [-0.1, -0.05) is 23.4 Å². The molecule has 0 saturated heterocycles. The average molecular weight is 283 g/mol. The van der Waals surface area contributed by atoms with Crippen molar-refractivity contribution in [2.45, 2.75) is 20.5 Å². The number of aromatic nitrogens is 3. The number of para-hydroxylation sites is 1. The number of ether oxygens (including phenoxy) is 1. The molecule has 6 heteroatoms. The number of aryl methyl sites for hydroxylation is 2. The highest BCUT2D eigenvalue weighted by Crippen LogP contribution is 2.19. The second-order valence-corrected chi connectivity index (χ2v) is 4.64. The van der Waals surface area contributed by atoms with Crippen LogP contribution < -0.4 is 0 Å². The summed E-state index contributed by atoms with van der Waals surface area (Å²) in [4.78, 5) is 20.6. The van der Waals surface area contributed by atoms with Crippen LogP contribution in [-0.4, -0.2) is 21.1 Å². The van der Waals surface area contributed by atoms with Gasteiger partial charge in [0.05, 0.1) is 11.1 Å². The minimum atomic E-state index is -0.437. The largest absolute Gasteiger partial charge is 0.452 e. The quantitative estimate of drug-likeness (QED) is 0.687. The van der Waals surface area contributed by atoms with E-state index in [0.29, 0.717) is 11.4 Å². The molecule has 0 saturated carbocycles. The molecule has 0 atom stereocenters. The summed E-state index contributed by atoms with van der Waals surface area (Å²) in [6, 6.07) is 9.15. The monoisotopic (exact) mass is 283 g/mol.